The number of nitrogens with zero attached hydrogens (tertiary/aromatic N) is 1. The number of esters is 1. The van der Waals surface area contributed by atoms with Crippen LogP contribution in [0.4, 0.5) is 5.69 Å². The molecular weight excluding hydrogens is 222 g/mol. The van der Waals surface area contributed by atoms with Crippen LogP contribution < -0.4 is 0 Å². The number of nitro groups is 1. The van der Waals surface area contributed by atoms with E-state index in [1.807, 2.05) is 0 Å². The number of benzene rings is 1. The van der Waals surface area contributed by atoms with Gasteiger partial charge >= 0.3 is 5.97 Å². The SMILES string of the molecule is CCC.COC(=O)c1cc(C)ccc1[N+](=O)[O-]. The van der Waals surface area contributed by atoms with Crippen LogP contribution in [0, 0.1) is 17.0 Å². The maximum atomic E-state index is 11.2. The van der Waals surface area contributed by atoms with E-state index in [2.05, 4.69) is 18.6 Å². The molecule has 0 spiro atoms. The highest BCUT2D eigenvalue weighted by atomic mass is 16.6. The number of carbonyl (C=O) groups excluding carboxylic acids is 1. The zero-order valence-corrected chi connectivity index (χ0v) is 10.5. The van der Waals surface area contributed by atoms with Gasteiger partial charge in [-0.1, -0.05) is 26.3 Å². The molecule has 0 saturated heterocycles. The fourth-order valence-corrected chi connectivity index (χ4v) is 1.08. The van der Waals surface area contributed by atoms with Crippen molar-refractivity contribution in [3.8, 4) is 0 Å². The molecule has 0 saturated carbocycles. The van der Waals surface area contributed by atoms with E-state index < -0.39 is 10.9 Å². The number of hydrogen-bond donors (Lipinski definition) is 0. The highest BCUT2D eigenvalue weighted by Crippen LogP contribution is 2.20. The van der Waals surface area contributed by atoms with Gasteiger partial charge in [-0.25, -0.2) is 4.79 Å². The lowest BCUT2D eigenvalue weighted by molar-refractivity contribution is -0.385. The summed E-state index contributed by atoms with van der Waals surface area (Å²) in [4.78, 5) is 21.1. The molecule has 5 nitrogen and oxygen atoms in total. The van der Waals surface area contributed by atoms with Crippen molar-refractivity contribution in [3.05, 3.63) is 39.4 Å². The predicted octanol–water partition coefficient (Wildman–Crippen LogP) is 3.11. The van der Waals surface area contributed by atoms with Gasteiger partial charge in [-0.2, -0.15) is 0 Å². The topological polar surface area (TPSA) is 69.4 Å². The average Bonchev–Trinajstić information content (AvgIpc) is 2.28. The van der Waals surface area contributed by atoms with Crippen molar-refractivity contribution in [3.63, 3.8) is 0 Å². The van der Waals surface area contributed by atoms with E-state index in [0.717, 1.165) is 5.56 Å². The van der Waals surface area contributed by atoms with E-state index in [0.29, 0.717) is 0 Å². The number of methoxy groups -OCH3 is 1. The lowest BCUT2D eigenvalue weighted by Gasteiger charge is -2.01. The first-order chi connectivity index (χ1) is 7.97. The second-order valence-electron chi connectivity index (χ2n) is 3.48. The molecular formula is C12H17NO4. The molecule has 1 rings (SSSR count). The molecule has 17 heavy (non-hydrogen) atoms. The molecule has 0 fully saturated rings. The molecule has 1 aromatic carbocycles. The molecule has 1 aromatic rings. The minimum Gasteiger partial charge on any atom is -0.465 e. The van der Waals surface area contributed by atoms with Gasteiger partial charge in [0.15, 0.2) is 0 Å². The minimum absolute atomic E-state index is 0.0162. The Bertz CT molecular complexity index is 401. The summed E-state index contributed by atoms with van der Waals surface area (Å²) in [6, 6.07) is 4.30. The molecule has 0 unspecified atom stereocenters. The minimum atomic E-state index is -0.694. The molecule has 5 heteroatoms. The molecule has 0 N–H and O–H groups in total. The standard InChI is InChI=1S/C9H9NO4.C3H8/c1-6-3-4-8(10(12)13)7(5-6)9(11)14-2;1-3-2/h3-5H,1-2H3;3H2,1-2H3. The van der Waals surface area contributed by atoms with Crippen molar-refractivity contribution in [2.75, 3.05) is 7.11 Å². The summed E-state index contributed by atoms with van der Waals surface area (Å²) in [5, 5.41) is 10.6. The van der Waals surface area contributed by atoms with E-state index in [4.69, 9.17) is 0 Å². The second-order valence-corrected chi connectivity index (χ2v) is 3.48. The first kappa shape index (κ1) is 15.1. The zero-order chi connectivity index (χ0) is 13.4. The van der Waals surface area contributed by atoms with Crippen molar-refractivity contribution in [1.82, 2.24) is 0 Å². The van der Waals surface area contributed by atoms with Crippen LogP contribution in [0.5, 0.6) is 0 Å². The third-order valence-electron chi connectivity index (χ3n) is 1.75. The Hall–Kier alpha value is -1.91. The smallest absolute Gasteiger partial charge is 0.344 e. The van der Waals surface area contributed by atoms with Crippen LogP contribution in [0.15, 0.2) is 18.2 Å². The molecule has 0 heterocycles. The Kier molecular flexibility index (Phi) is 6.55. The Morgan fingerprint density at radius 3 is 2.35 bits per heavy atom. The number of aryl methyl sites for hydroxylation is 1. The van der Waals surface area contributed by atoms with E-state index >= 15 is 0 Å². The Morgan fingerprint density at radius 1 is 1.41 bits per heavy atom. The van der Waals surface area contributed by atoms with E-state index in [-0.39, 0.29) is 11.3 Å². The quantitative estimate of drug-likeness (QED) is 0.451. The number of rotatable bonds is 2. The van der Waals surface area contributed by atoms with Crippen LogP contribution in [-0.2, 0) is 4.74 Å². The zero-order valence-electron chi connectivity index (χ0n) is 10.5. The van der Waals surface area contributed by atoms with Crippen molar-refractivity contribution in [1.29, 1.82) is 0 Å². The highest BCUT2D eigenvalue weighted by molar-refractivity contribution is 5.94. The van der Waals surface area contributed by atoms with E-state index in [1.165, 1.54) is 25.7 Å². The van der Waals surface area contributed by atoms with Crippen molar-refractivity contribution in [2.24, 2.45) is 0 Å². The van der Waals surface area contributed by atoms with Gasteiger partial charge in [0.05, 0.1) is 12.0 Å². The largest absolute Gasteiger partial charge is 0.465 e. The maximum Gasteiger partial charge on any atom is 0.344 e. The van der Waals surface area contributed by atoms with Gasteiger partial charge in [-0.15, -0.1) is 0 Å². The third kappa shape index (κ3) is 4.63. The van der Waals surface area contributed by atoms with Crippen LogP contribution in [0.2, 0.25) is 0 Å². The van der Waals surface area contributed by atoms with Gasteiger partial charge in [0.2, 0.25) is 0 Å². The van der Waals surface area contributed by atoms with Gasteiger partial charge in [0.25, 0.3) is 5.69 Å². The number of hydrogen-bond acceptors (Lipinski definition) is 4. The lowest BCUT2D eigenvalue weighted by atomic mass is 10.1. The predicted molar refractivity (Wildman–Crippen MR) is 65.1 cm³/mol. The van der Waals surface area contributed by atoms with Gasteiger partial charge in [-0.05, 0) is 18.6 Å². The maximum absolute atomic E-state index is 11.2. The summed E-state index contributed by atoms with van der Waals surface area (Å²) in [6.45, 7) is 6.00. The van der Waals surface area contributed by atoms with Gasteiger partial charge in [0.1, 0.15) is 5.56 Å². The lowest BCUT2D eigenvalue weighted by Crippen LogP contribution is -2.05. The Labute approximate surface area is 101 Å². The average molecular weight is 239 g/mol. The molecule has 94 valence electrons. The highest BCUT2D eigenvalue weighted by Gasteiger charge is 2.20. The van der Waals surface area contributed by atoms with E-state index in [1.54, 1.807) is 13.0 Å². The first-order valence-corrected chi connectivity index (χ1v) is 5.31. The number of ether oxygens (including phenoxy) is 1. The normalized spacial score (nSPS) is 8.94. The summed E-state index contributed by atoms with van der Waals surface area (Å²) in [5.74, 6) is -0.694. The summed E-state index contributed by atoms with van der Waals surface area (Å²) < 4.78 is 4.44. The fraction of sp³-hybridized carbons (Fsp3) is 0.417. The van der Waals surface area contributed by atoms with Crippen LogP contribution >= 0.6 is 0 Å². The molecule has 0 aliphatic rings. The van der Waals surface area contributed by atoms with Crippen molar-refractivity contribution in [2.45, 2.75) is 27.2 Å². The number of nitro benzene ring substituents is 1. The monoisotopic (exact) mass is 239 g/mol. The summed E-state index contributed by atoms with van der Waals surface area (Å²) in [6.07, 6.45) is 1.25. The Morgan fingerprint density at radius 2 is 1.94 bits per heavy atom. The number of carbonyl (C=O) groups is 1. The van der Waals surface area contributed by atoms with Gasteiger partial charge < -0.3 is 4.74 Å². The van der Waals surface area contributed by atoms with Crippen LogP contribution in [0.1, 0.15) is 36.2 Å². The van der Waals surface area contributed by atoms with Gasteiger partial charge in [0, 0.05) is 6.07 Å². The molecule has 0 radical (unpaired) electrons. The molecule has 0 bridgehead atoms. The summed E-state index contributed by atoms with van der Waals surface area (Å²) in [5.41, 5.74) is 0.524. The second kappa shape index (κ2) is 7.38. The summed E-state index contributed by atoms with van der Waals surface area (Å²) >= 11 is 0. The third-order valence-corrected chi connectivity index (χ3v) is 1.75. The molecule has 0 atom stereocenters. The molecule has 0 aromatic heterocycles. The molecule has 0 amide bonds. The first-order valence-electron chi connectivity index (χ1n) is 5.31. The Balaban J connectivity index is 0.000000770. The van der Waals surface area contributed by atoms with Crippen LogP contribution in [0.25, 0.3) is 0 Å². The van der Waals surface area contributed by atoms with Crippen molar-refractivity contribution < 1.29 is 14.5 Å². The molecule has 0 aliphatic heterocycles. The van der Waals surface area contributed by atoms with Crippen LogP contribution in [-0.4, -0.2) is 18.0 Å². The van der Waals surface area contributed by atoms with E-state index in [9.17, 15) is 14.9 Å². The van der Waals surface area contributed by atoms with Gasteiger partial charge in [-0.3, -0.25) is 10.1 Å². The fourth-order valence-electron chi connectivity index (χ4n) is 1.08. The molecule has 0 aliphatic carbocycles. The van der Waals surface area contributed by atoms with Crippen LogP contribution in [0.3, 0.4) is 0 Å². The summed E-state index contributed by atoms with van der Waals surface area (Å²) in [7, 11) is 1.19. The van der Waals surface area contributed by atoms with Crippen molar-refractivity contribution >= 4 is 11.7 Å².